The minimum absolute atomic E-state index is 0.208. The lowest BCUT2D eigenvalue weighted by Crippen LogP contribution is -2.47. The Bertz CT molecular complexity index is 411. The lowest BCUT2D eigenvalue weighted by atomic mass is 9.75. The number of rotatable bonds is 2. The summed E-state index contributed by atoms with van der Waals surface area (Å²) in [5.74, 6) is 0.683. The first-order valence-corrected chi connectivity index (χ1v) is 6.85. The van der Waals surface area contributed by atoms with E-state index in [1.165, 1.54) is 36.1 Å². The SMILES string of the molecule is CCc1cccc2c1NC(C1CCC1)C(O)C2. The van der Waals surface area contributed by atoms with Crippen LogP contribution < -0.4 is 5.32 Å². The number of nitrogens with one attached hydrogen (secondary N) is 1. The van der Waals surface area contributed by atoms with Crippen molar-refractivity contribution in [2.75, 3.05) is 5.32 Å². The zero-order valence-electron chi connectivity index (χ0n) is 10.4. The third-order valence-corrected chi connectivity index (χ3v) is 4.43. The van der Waals surface area contributed by atoms with Gasteiger partial charge in [-0.25, -0.2) is 0 Å². The van der Waals surface area contributed by atoms with E-state index in [1.807, 2.05) is 0 Å². The molecule has 0 amide bonds. The van der Waals surface area contributed by atoms with E-state index in [9.17, 15) is 5.11 Å². The van der Waals surface area contributed by atoms with E-state index in [-0.39, 0.29) is 12.1 Å². The van der Waals surface area contributed by atoms with Crippen molar-refractivity contribution in [3.63, 3.8) is 0 Å². The topological polar surface area (TPSA) is 32.3 Å². The molecule has 2 N–H and O–H groups in total. The highest BCUT2D eigenvalue weighted by Gasteiger charge is 2.36. The zero-order valence-corrected chi connectivity index (χ0v) is 10.4. The van der Waals surface area contributed by atoms with Crippen molar-refractivity contribution >= 4 is 5.69 Å². The third kappa shape index (κ3) is 1.85. The summed E-state index contributed by atoms with van der Waals surface area (Å²) < 4.78 is 0. The molecule has 0 spiro atoms. The number of benzene rings is 1. The number of fused-ring (bicyclic) bond motifs is 1. The van der Waals surface area contributed by atoms with Crippen LogP contribution in [0.5, 0.6) is 0 Å². The number of hydrogen-bond acceptors (Lipinski definition) is 2. The summed E-state index contributed by atoms with van der Waals surface area (Å²) in [6.45, 7) is 2.20. The molecule has 1 aliphatic carbocycles. The summed E-state index contributed by atoms with van der Waals surface area (Å²) in [4.78, 5) is 0. The third-order valence-electron chi connectivity index (χ3n) is 4.43. The molecule has 17 heavy (non-hydrogen) atoms. The van der Waals surface area contributed by atoms with Crippen LogP contribution in [0.3, 0.4) is 0 Å². The highest BCUT2D eigenvalue weighted by Crippen LogP contribution is 2.38. The molecule has 1 aliphatic heterocycles. The van der Waals surface area contributed by atoms with E-state index < -0.39 is 0 Å². The lowest BCUT2D eigenvalue weighted by molar-refractivity contribution is 0.0960. The van der Waals surface area contributed by atoms with Gasteiger partial charge in [0.15, 0.2) is 0 Å². The number of hydrogen-bond donors (Lipinski definition) is 2. The van der Waals surface area contributed by atoms with Gasteiger partial charge in [0, 0.05) is 12.1 Å². The van der Waals surface area contributed by atoms with Gasteiger partial charge in [0.05, 0.1) is 12.1 Å². The van der Waals surface area contributed by atoms with E-state index in [1.54, 1.807) is 0 Å². The van der Waals surface area contributed by atoms with Gasteiger partial charge in [-0.05, 0) is 36.3 Å². The van der Waals surface area contributed by atoms with E-state index in [0.717, 1.165) is 12.8 Å². The summed E-state index contributed by atoms with van der Waals surface area (Å²) in [5, 5.41) is 13.9. The minimum Gasteiger partial charge on any atom is -0.391 e. The maximum atomic E-state index is 10.3. The first kappa shape index (κ1) is 11.1. The van der Waals surface area contributed by atoms with Crippen molar-refractivity contribution < 1.29 is 5.11 Å². The largest absolute Gasteiger partial charge is 0.391 e. The number of aryl methyl sites for hydroxylation is 1. The number of aliphatic hydroxyl groups excluding tert-OH is 1. The molecular formula is C15H21NO. The van der Waals surface area contributed by atoms with Crippen LogP contribution in [0.15, 0.2) is 18.2 Å². The second-order valence-corrected chi connectivity index (χ2v) is 5.44. The Balaban J connectivity index is 1.90. The quantitative estimate of drug-likeness (QED) is 0.820. The molecule has 0 saturated heterocycles. The second-order valence-electron chi connectivity index (χ2n) is 5.44. The number of para-hydroxylation sites is 1. The first-order chi connectivity index (χ1) is 8.29. The molecule has 0 bridgehead atoms. The second kappa shape index (κ2) is 4.34. The molecule has 2 atom stereocenters. The zero-order chi connectivity index (χ0) is 11.8. The molecule has 1 saturated carbocycles. The Kier molecular flexibility index (Phi) is 2.83. The molecule has 0 aromatic heterocycles. The minimum atomic E-state index is -0.208. The average Bonchev–Trinajstić information content (AvgIpc) is 2.27. The van der Waals surface area contributed by atoms with Gasteiger partial charge in [-0.1, -0.05) is 31.5 Å². The van der Waals surface area contributed by atoms with E-state index >= 15 is 0 Å². The molecule has 2 nitrogen and oxygen atoms in total. The van der Waals surface area contributed by atoms with Crippen LogP contribution in [0, 0.1) is 5.92 Å². The maximum Gasteiger partial charge on any atom is 0.0784 e. The predicted octanol–water partition coefficient (Wildman–Crippen LogP) is 2.75. The van der Waals surface area contributed by atoms with E-state index in [2.05, 4.69) is 30.4 Å². The monoisotopic (exact) mass is 231 g/mol. The van der Waals surface area contributed by atoms with Crippen molar-refractivity contribution in [1.29, 1.82) is 0 Å². The smallest absolute Gasteiger partial charge is 0.0784 e. The fraction of sp³-hybridized carbons (Fsp3) is 0.600. The molecule has 0 radical (unpaired) electrons. The molecule has 2 heteroatoms. The Morgan fingerprint density at radius 3 is 2.82 bits per heavy atom. The molecule has 1 fully saturated rings. The first-order valence-electron chi connectivity index (χ1n) is 6.85. The molecule has 2 aliphatic rings. The standard InChI is InChI=1S/C15H21NO/c1-2-10-5-3-8-12-9-13(17)15(16-14(10)12)11-6-4-7-11/h3,5,8,11,13,15-17H,2,4,6-7,9H2,1H3. The summed E-state index contributed by atoms with van der Waals surface area (Å²) in [6.07, 6.45) is 5.55. The Labute approximate surface area is 103 Å². The van der Waals surface area contributed by atoms with Crippen LogP contribution >= 0.6 is 0 Å². The molecule has 1 aromatic carbocycles. The van der Waals surface area contributed by atoms with Crippen molar-refractivity contribution in [2.45, 2.75) is 51.2 Å². The Hall–Kier alpha value is -1.02. The van der Waals surface area contributed by atoms with E-state index in [4.69, 9.17) is 0 Å². The van der Waals surface area contributed by atoms with Crippen LogP contribution in [0.2, 0.25) is 0 Å². The van der Waals surface area contributed by atoms with Crippen molar-refractivity contribution in [3.05, 3.63) is 29.3 Å². The summed E-state index contributed by atoms with van der Waals surface area (Å²) >= 11 is 0. The Morgan fingerprint density at radius 2 is 2.18 bits per heavy atom. The summed E-state index contributed by atoms with van der Waals surface area (Å²) in [6, 6.07) is 6.72. The predicted molar refractivity (Wildman–Crippen MR) is 70.3 cm³/mol. The van der Waals surface area contributed by atoms with Gasteiger partial charge in [0.25, 0.3) is 0 Å². The van der Waals surface area contributed by atoms with Crippen LogP contribution in [0.1, 0.15) is 37.3 Å². The molecule has 3 rings (SSSR count). The van der Waals surface area contributed by atoms with Gasteiger partial charge in [-0.2, -0.15) is 0 Å². The molecule has 1 aromatic rings. The van der Waals surface area contributed by atoms with Crippen LogP contribution in [0.25, 0.3) is 0 Å². The fourth-order valence-corrected chi connectivity index (χ4v) is 3.15. The maximum absolute atomic E-state index is 10.3. The van der Waals surface area contributed by atoms with Gasteiger partial charge in [0.2, 0.25) is 0 Å². The van der Waals surface area contributed by atoms with Crippen LogP contribution in [-0.4, -0.2) is 17.3 Å². The van der Waals surface area contributed by atoms with Gasteiger partial charge in [-0.3, -0.25) is 0 Å². The summed E-state index contributed by atoms with van der Waals surface area (Å²) in [5.41, 5.74) is 3.98. The van der Waals surface area contributed by atoms with Gasteiger partial charge in [-0.15, -0.1) is 0 Å². The molecular weight excluding hydrogens is 210 g/mol. The summed E-state index contributed by atoms with van der Waals surface area (Å²) in [7, 11) is 0. The van der Waals surface area contributed by atoms with Crippen molar-refractivity contribution in [3.8, 4) is 0 Å². The number of aliphatic hydroxyl groups is 1. The van der Waals surface area contributed by atoms with E-state index in [0.29, 0.717) is 5.92 Å². The Morgan fingerprint density at radius 1 is 1.35 bits per heavy atom. The van der Waals surface area contributed by atoms with Crippen LogP contribution in [0.4, 0.5) is 5.69 Å². The average molecular weight is 231 g/mol. The van der Waals surface area contributed by atoms with Gasteiger partial charge >= 0.3 is 0 Å². The highest BCUT2D eigenvalue weighted by atomic mass is 16.3. The van der Waals surface area contributed by atoms with Crippen LogP contribution in [-0.2, 0) is 12.8 Å². The molecule has 92 valence electrons. The lowest BCUT2D eigenvalue weighted by Gasteiger charge is -2.41. The highest BCUT2D eigenvalue weighted by molar-refractivity contribution is 5.60. The normalized spacial score (nSPS) is 28.1. The molecule has 2 unspecified atom stereocenters. The van der Waals surface area contributed by atoms with Crippen molar-refractivity contribution in [2.24, 2.45) is 5.92 Å². The van der Waals surface area contributed by atoms with Crippen molar-refractivity contribution in [1.82, 2.24) is 0 Å². The fourth-order valence-electron chi connectivity index (χ4n) is 3.15. The molecule has 1 heterocycles. The van der Waals surface area contributed by atoms with Gasteiger partial charge < -0.3 is 10.4 Å². The van der Waals surface area contributed by atoms with Gasteiger partial charge in [0.1, 0.15) is 0 Å². The number of anilines is 1.